The number of thioether (sulfide) groups is 1. The molecule has 1 atom stereocenters. The minimum Gasteiger partial charge on any atom is -0.353 e. The van der Waals surface area contributed by atoms with Crippen LogP contribution in [0.15, 0.2) is 24.4 Å². The molecule has 0 aromatic carbocycles. The number of hydrogen-bond donors (Lipinski definition) is 2. The second-order valence-electron chi connectivity index (χ2n) is 5.78. The average Bonchev–Trinajstić information content (AvgIpc) is 2.93. The Bertz CT molecular complexity index is 665. The van der Waals surface area contributed by atoms with Gasteiger partial charge in [0.15, 0.2) is 0 Å². The first-order chi connectivity index (χ1) is 11.5. The standard InChI is InChI=1S/C17H25N5OS/c1-12-10-13(2)20-17(19-12)21-15(7-9-24-4)16(23)18-11-14-6-5-8-22(14)3/h5-6,8,10,15H,7,9,11H2,1-4H3,(H,18,23)(H,19,20,21)/t15-/m1/s1. The van der Waals surface area contributed by atoms with Crippen LogP contribution in [0.25, 0.3) is 0 Å². The van der Waals surface area contributed by atoms with Crippen LogP contribution in [-0.2, 0) is 18.4 Å². The molecule has 7 heteroatoms. The van der Waals surface area contributed by atoms with Crippen molar-refractivity contribution in [2.24, 2.45) is 7.05 Å². The van der Waals surface area contributed by atoms with Crippen LogP contribution >= 0.6 is 11.8 Å². The minimum absolute atomic E-state index is 0.0343. The van der Waals surface area contributed by atoms with Gasteiger partial charge < -0.3 is 15.2 Å². The van der Waals surface area contributed by atoms with Crippen LogP contribution < -0.4 is 10.6 Å². The van der Waals surface area contributed by atoms with Crippen LogP contribution in [-0.4, -0.2) is 38.5 Å². The number of carbonyl (C=O) groups is 1. The molecule has 0 saturated heterocycles. The Balaban J connectivity index is 2.03. The molecule has 2 aromatic heterocycles. The van der Waals surface area contributed by atoms with Crippen molar-refractivity contribution in [1.29, 1.82) is 0 Å². The molecule has 0 aliphatic carbocycles. The van der Waals surface area contributed by atoms with Crippen molar-refractivity contribution in [3.63, 3.8) is 0 Å². The lowest BCUT2D eigenvalue weighted by Crippen LogP contribution is -2.40. The van der Waals surface area contributed by atoms with E-state index in [0.717, 1.165) is 29.3 Å². The fraction of sp³-hybridized carbons (Fsp3) is 0.471. The molecule has 0 fully saturated rings. The first kappa shape index (κ1) is 18.3. The Morgan fingerprint density at radius 3 is 2.62 bits per heavy atom. The third-order valence-corrected chi connectivity index (χ3v) is 4.35. The van der Waals surface area contributed by atoms with E-state index in [4.69, 9.17) is 0 Å². The number of anilines is 1. The normalized spacial score (nSPS) is 12.0. The van der Waals surface area contributed by atoms with Crippen molar-refractivity contribution in [3.05, 3.63) is 41.5 Å². The number of amides is 1. The fourth-order valence-electron chi connectivity index (χ4n) is 2.43. The highest BCUT2D eigenvalue weighted by atomic mass is 32.2. The molecule has 2 aromatic rings. The highest BCUT2D eigenvalue weighted by Gasteiger charge is 2.19. The van der Waals surface area contributed by atoms with Crippen molar-refractivity contribution in [2.45, 2.75) is 32.9 Å². The zero-order valence-corrected chi connectivity index (χ0v) is 15.5. The molecule has 0 aliphatic heterocycles. The van der Waals surface area contributed by atoms with Crippen LogP contribution in [0.2, 0.25) is 0 Å². The average molecular weight is 347 g/mol. The van der Waals surface area contributed by atoms with Crippen molar-refractivity contribution in [3.8, 4) is 0 Å². The van der Waals surface area contributed by atoms with Gasteiger partial charge in [0.25, 0.3) is 0 Å². The number of rotatable bonds is 8. The Labute approximate surface area is 147 Å². The number of aryl methyl sites for hydroxylation is 3. The summed E-state index contributed by atoms with van der Waals surface area (Å²) in [5.74, 6) is 1.36. The van der Waals surface area contributed by atoms with E-state index in [-0.39, 0.29) is 11.9 Å². The van der Waals surface area contributed by atoms with Gasteiger partial charge in [-0.25, -0.2) is 9.97 Å². The lowest BCUT2D eigenvalue weighted by molar-refractivity contribution is -0.122. The summed E-state index contributed by atoms with van der Waals surface area (Å²) in [5, 5.41) is 6.18. The van der Waals surface area contributed by atoms with E-state index >= 15 is 0 Å². The molecular weight excluding hydrogens is 322 g/mol. The zero-order valence-electron chi connectivity index (χ0n) is 14.7. The van der Waals surface area contributed by atoms with Gasteiger partial charge >= 0.3 is 0 Å². The topological polar surface area (TPSA) is 71.8 Å². The number of aromatic nitrogens is 3. The SMILES string of the molecule is CSCC[C@@H](Nc1nc(C)cc(C)n1)C(=O)NCc1cccn1C. The molecular formula is C17H25N5OS. The molecule has 0 unspecified atom stereocenters. The highest BCUT2D eigenvalue weighted by molar-refractivity contribution is 7.98. The Hall–Kier alpha value is -2.02. The molecule has 130 valence electrons. The van der Waals surface area contributed by atoms with Crippen molar-refractivity contribution in [1.82, 2.24) is 19.9 Å². The van der Waals surface area contributed by atoms with Gasteiger partial charge in [0.2, 0.25) is 11.9 Å². The first-order valence-electron chi connectivity index (χ1n) is 7.95. The molecule has 0 radical (unpaired) electrons. The third kappa shape index (κ3) is 5.26. The monoisotopic (exact) mass is 347 g/mol. The number of carbonyl (C=O) groups excluding carboxylic acids is 1. The molecule has 0 saturated carbocycles. The molecule has 2 heterocycles. The lowest BCUT2D eigenvalue weighted by atomic mass is 10.2. The summed E-state index contributed by atoms with van der Waals surface area (Å²) in [5.41, 5.74) is 2.84. The largest absolute Gasteiger partial charge is 0.353 e. The highest BCUT2D eigenvalue weighted by Crippen LogP contribution is 2.10. The van der Waals surface area contributed by atoms with Gasteiger partial charge in [-0.1, -0.05) is 0 Å². The van der Waals surface area contributed by atoms with Gasteiger partial charge in [0.1, 0.15) is 6.04 Å². The third-order valence-electron chi connectivity index (χ3n) is 3.71. The Morgan fingerprint density at radius 1 is 1.33 bits per heavy atom. The molecule has 6 nitrogen and oxygen atoms in total. The molecule has 0 spiro atoms. The second kappa shape index (κ2) is 8.73. The van der Waals surface area contributed by atoms with Crippen molar-refractivity contribution < 1.29 is 4.79 Å². The maximum absolute atomic E-state index is 12.6. The van der Waals surface area contributed by atoms with Crippen molar-refractivity contribution >= 4 is 23.6 Å². The maximum Gasteiger partial charge on any atom is 0.242 e. The second-order valence-corrected chi connectivity index (χ2v) is 6.77. The van der Waals surface area contributed by atoms with Gasteiger partial charge in [0, 0.05) is 30.3 Å². The summed E-state index contributed by atoms with van der Waals surface area (Å²) >= 11 is 1.72. The Morgan fingerprint density at radius 2 is 2.04 bits per heavy atom. The van der Waals surface area contributed by atoms with E-state index in [0.29, 0.717) is 12.5 Å². The summed E-state index contributed by atoms with van der Waals surface area (Å²) in [6, 6.07) is 5.53. The van der Waals surface area contributed by atoms with E-state index in [1.807, 2.05) is 56.1 Å². The van der Waals surface area contributed by atoms with E-state index < -0.39 is 0 Å². The molecule has 1 amide bonds. The van der Waals surface area contributed by atoms with E-state index in [9.17, 15) is 4.79 Å². The number of nitrogens with one attached hydrogen (secondary N) is 2. The quantitative estimate of drug-likeness (QED) is 0.766. The fourth-order valence-corrected chi connectivity index (χ4v) is 2.90. The first-order valence-corrected chi connectivity index (χ1v) is 9.34. The van der Waals surface area contributed by atoms with Gasteiger partial charge in [-0.2, -0.15) is 11.8 Å². The number of hydrogen-bond acceptors (Lipinski definition) is 5. The molecule has 0 bridgehead atoms. The summed E-state index contributed by atoms with van der Waals surface area (Å²) in [6.45, 7) is 4.35. The minimum atomic E-state index is -0.348. The predicted molar refractivity (Wildman–Crippen MR) is 99.2 cm³/mol. The van der Waals surface area contributed by atoms with Gasteiger partial charge in [-0.05, 0) is 50.5 Å². The molecule has 2 rings (SSSR count). The van der Waals surface area contributed by atoms with Gasteiger partial charge in [0.05, 0.1) is 6.54 Å². The van der Waals surface area contributed by atoms with Crippen LogP contribution in [0, 0.1) is 13.8 Å². The van der Waals surface area contributed by atoms with Gasteiger partial charge in [-0.15, -0.1) is 0 Å². The maximum atomic E-state index is 12.6. The van der Waals surface area contributed by atoms with Crippen LogP contribution in [0.4, 0.5) is 5.95 Å². The van der Waals surface area contributed by atoms with E-state index in [1.165, 1.54) is 0 Å². The van der Waals surface area contributed by atoms with Crippen LogP contribution in [0.5, 0.6) is 0 Å². The molecule has 24 heavy (non-hydrogen) atoms. The van der Waals surface area contributed by atoms with Crippen LogP contribution in [0.1, 0.15) is 23.5 Å². The van der Waals surface area contributed by atoms with Crippen LogP contribution in [0.3, 0.4) is 0 Å². The Kier molecular flexibility index (Phi) is 6.66. The van der Waals surface area contributed by atoms with E-state index in [1.54, 1.807) is 11.8 Å². The smallest absolute Gasteiger partial charge is 0.242 e. The lowest BCUT2D eigenvalue weighted by Gasteiger charge is -2.18. The zero-order chi connectivity index (χ0) is 17.5. The van der Waals surface area contributed by atoms with Gasteiger partial charge in [-0.3, -0.25) is 4.79 Å². The summed E-state index contributed by atoms with van der Waals surface area (Å²) in [7, 11) is 1.97. The van der Waals surface area contributed by atoms with E-state index in [2.05, 4.69) is 20.6 Å². The van der Waals surface area contributed by atoms with Crippen molar-refractivity contribution in [2.75, 3.05) is 17.3 Å². The number of nitrogens with zero attached hydrogens (tertiary/aromatic N) is 3. The predicted octanol–water partition coefficient (Wildman–Crippen LogP) is 2.28. The summed E-state index contributed by atoms with van der Waals surface area (Å²) in [6.07, 6.45) is 4.72. The molecule has 2 N–H and O–H groups in total. The molecule has 0 aliphatic rings. The summed E-state index contributed by atoms with van der Waals surface area (Å²) in [4.78, 5) is 21.3. The summed E-state index contributed by atoms with van der Waals surface area (Å²) < 4.78 is 2.00.